The van der Waals surface area contributed by atoms with Crippen LogP contribution in [0, 0.1) is 0 Å². The molecule has 0 fully saturated rings. The lowest BCUT2D eigenvalue weighted by molar-refractivity contribution is 0.0860. The van der Waals surface area contributed by atoms with Gasteiger partial charge in [-0.1, -0.05) is 41.6 Å². The van der Waals surface area contributed by atoms with Gasteiger partial charge in [0.2, 0.25) is 0 Å². The van der Waals surface area contributed by atoms with Crippen molar-refractivity contribution in [1.29, 1.82) is 0 Å². The van der Waals surface area contributed by atoms with Gasteiger partial charge in [0.1, 0.15) is 0 Å². The number of ether oxygens (including phenoxy) is 2. The first-order valence-corrected chi connectivity index (χ1v) is 7.75. The van der Waals surface area contributed by atoms with E-state index in [9.17, 15) is 0 Å². The quantitative estimate of drug-likeness (QED) is 0.375. The van der Waals surface area contributed by atoms with E-state index in [4.69, 9.17) is 9.47 Å². The molecule has 0 aliphatic rings. The lowest BCUT2D eigenvalue weighted by Gasteiger charge is -2.04. The molecule has 3 heteroatoms. The van der Waals surface area contributed by atoms with Gasteiger partial charge in [-0.05, 0) is 26.2 Å². The van der Waals surface area contributed by atoms with Gasteiger partial charge in [-0.15, -0.1) is 0 Å². The largest absolute Gasteiger partial charge is 0.382 e. The van der Waals surface area contributed by atoms with Gasteiger partial charge in [0, 0.05) is 31.8 Å². The predicted octanol–water partition coefficient (Wildman–Crippen LogP) is 4.17. The molecule has 0 rings (SSSR count). The lowest BCUT2D eigenvalue weighted by Crippen LogP contribution is -2.01. The van der Waals surface area contributed by atoms with E-state index in [1.807, 2.05) is 6.92 Å². The molecule has 0 saturated heterocycles. The van der Waals surface area contributed by atoms with Crippen LogP contribution in [0.25, 0.3) is 0 Å². The fraction of sp³-hybridized carbons (Fsp3) is 1.00. The van der Waals surface area contributed by atoms with E-state index in [0.29, 0.717) is 0 Å². The monoisotopic (exact) mass is 294 g/mol. The molecule has 2 nitrogen and oxygen atoms in total. The molecule has 0 spiro atoms. The predicted molar refractivity (Wildman–Crippen MR) is 73.4 cm³/mol. The molecule has 0 aromatic carbocycles. The number of hydrogen-bond acceptors (Lipinski definition) is 2. The van der Waals surface area contributed by atoms with Crippen LogP contribution in [0.1, 0.15) is 51.9 Å². The van der Waals surface area contributed by atoms with Crippen LogP contribution in [0.2, 0.25) is 0 Å². The molecule has 0 aromatic heterocycles. The van der Waals surface area contributed by atoms with Crippen LogP contribution in [-0.2, 0) is 9.47 Å². The van der Waals surface area contributed by atoms with E-state index in [-0.39, 0.29) is 0 Å². The second-order valence-electron chi connectivity index (χ2n) is 3.97. The number of hydrogen-bond donors (Lipinski definition) is 0. The summed E-state index contributed by atoms with van der Waals surface area (Å²) in [5.41, 5.74) is 0. The maximum absolute atomic E-state index is 5.52. The zero-order chi connectivity index (χ0) is 11.9. The molecular formula is C13H27BrO2. The maximum atomic E-state index is 5.52. The van der Waals surface area contributed by atoms with Crippen molar-refractivity contribution in [1.82, 2.24) is 0 Å². The van der Waals surface area contributed by atoms with E-state index in [1.54, 1.807) is 0 Å². The van der Waals surface area contributed by atoms with Gasteiger partial charge in [0.15, 0.2) is 0 Å². The van der Waals surface area contributed by atoms with Crippen molar-refractivity contribution >= 4 is 15.9 Å². The molecule has 0 heterocycles. The SMILES string of the molecule is CCOCCCOCCCCCCCCBr. The molecule has 0 amide bonds. The summed E-state index contributed by atoms with van der Waals surface area (Å²) in [6, 6.07) is 0. The van der Waals surface area contributed by atoms with Crippen LogP contribution >= 0.6 is 15.9 Å². The molecule has 0 saturated carbocycles. The highest BCUT2D eigenvalue weighted by atomic mass is 79.9. The summed E-state index contributed by atoms with van der Waals surface area (Å²) in [5.74, 6) is 0. The Kier molecular flexibility index (Phi) is 15.8. The van der Waals surface area contributed by atoms with Gasteiger partial charge >= 0.3 is 0 Å². The van der Waals surface area contributed by atoms with Crippen molar-refractivity contribution in [3.63, 3.8) is 0 Å². The summed E-state index contributed by atoms with van der Waals surface area (Å²) in [6.45, 7) is 5.45. The molecule has 0 N–H and O–H groups in total. The van der Waals surface area contributed by atoms with Gasteiger partial charge < -0.3 is 9.47 Å². The zero-order valence-corrected chi connectivity index (χ0v) is 12.3. The second-order valence-corrected chi connectivity index (χ2v) is 4.77. The highest BCUT2D eigenvalue weighted by molar-refractivity contribution is 9.09. The zero-order valence-electron chi connectivity index (χ0n) is 10.7. The Balaban J connectivity index is 2.83. The van der Waals surface area contributed by atoms with Crippen LogP contribution < -0.4 is 0 Å². The molecule has 16 heavy (non-hydrogen) atoms. The van der Waals surface area contributed by atoms with Crippen LogP contribution in [0.5, 0.6) is 0 Å². The van der Waals surface area contributed by atoms with Crippen molar-refractivity contribution in [2.75, 3.05) is 31.8 Å². The summed E-state index contributed by atoms with van der Waals surface area (Å²) in [7, 11) is 0. The number of halogens is 1. The highest BCUT2D eigenvalue weighted by Crippen LogP contribution is 2.06. The van der Waals surface area contributed by atoms with Gasteiger partial charge in [-0.2, -0.15) is 0 Å². The number of rotatable bonds is 13. The average molecular weight is 295 g/mol. The molecule has 0 unspecified atom stereocenters. The van der Waals surface area contributed by atoms with E-state index in [1.165, 1.54) is 38.5 Å². The minimum absolute atomic E-state index is 0.814. The smallest absolute Gasteiger partial charge is 0.0487 e. The Bertz CT molecular complexity index is 107. The van der Waals surface area contributed by atoms with Crippen molar-refractivity contribution in [2.45, 2.75) is 51.9 Å². The molecule has 0 aliphatic carbocycles. The van der Waals surface area contributed by atoms with Crippen LogP contribution in [0.4, 0.5) is 0 Å². The van der Waals surface area contributed by atoms with Gasteiger partial charge in [0.05, 0.1) is 0 Å². The normalized spacial score (nSPS) is 10.9. The summed E-state index contributed by atoms with van der Waals surface area (Å²) < 4.78 is 10.8. The first-order chi connectivity index (χ1) is 7.91. The fourth-order valence-electron chi connectivity index (χ4n) is 1.52. The minimum atomic E-state index is 0.814. The molecule has 0 aliphatic heterocycles. The topological polar surface area (TPSA) is 18.5 Å². The van der Waals surface area contributed by atoms with E-state index < -0.39 is 0 Å². The summed E-state index contributed by atoms with van der Waals surface area (Å²) in [4.78, 5) is 0. The first-order valence-electron chi connectivity index (χ1n) is 6.63. The van der Waals surface area contributed by atoms with Crippen molar-refractivity contribution in [3.05, 3.63) is 0 Å². The molecule has 0 radical (unpaired) electrons. The van der Waals surface area contributed by atoms with Gasteiger partial charge in [-0.3, -0.25) is 0 Å². The standard InChI is InChI=1S/C13H27BrO2/c1-2-15-12-9-13-16-11-8-6-4-3-5-7-10-14/h2-13H2,1H3. The summed E-state index contributed by atoms with van der Waals surface area (Å²) >= 11 is 3.45. The lowest BCUT2D eigenvalue weighted by atomic mass is 10.1. The Morgan fingerprint density at radius 3 is 1.94 bits per heavy atom. The molecular weight excluding hydrogens is 268 g/mol. The third kappa shape index (κ3) is 14.4. The van der Waals surface area contributed by atoms with E-state index >= 15 is 0 Å². The Hall–Kier alpha value is 0.400. The third-order valence-corrected chi connectivity index (χ3v) is 3.01. The Morgan fingerprint density at radius 2 is 1.25 bits per heavy atom. The van der Waals surface area contributed by atoms with Crippen molar-refractivity contribution < 1.29 is 9.47 Å². The summed E-state index contributed by atoms with van der Waals surface area (Å²) in [5, 5.41) is 1.15. The van der Waals surface area contributed by atoms with Gasteiger partial charge in [-0.25, -0.2) is 0 Å². The van der Waals surface area contributed by atoms with E-state index in [0.717, 1.165) is 38.2 Å². The number of alkyl halides is 1. The second kappa shape index (κ2) is 15.4. The Morgan fingerprint density at radius 1 is 0.688 bits per heavy atom. The first kappa shape index (κ1) is 16.4. The summed E-state index contributed by atoms with van der Waals surface area (Å²) in [6.07, 6.45) is 8.95. The van der Waals surface area contributed by atoms with Crippen molar-refractivity contribution in [2.24, 2.45) is 0 Å². The molecule has 0 bridgehead atoms. The molecule has 0 atom stereocenters. The Labute approximate surface area is 109 Å². The third-order valence-electron chi connectivity index (χ3n) is 2.45. The van der Waals surface area contributed by atoms with Crippen LogP contribution in [0.3, 0.4) is 0 Å². The molecule has 98 valence electrons. The van der Waals surface area contributed by atoms with Crippen molar-refractivity contribution in [3.8, 4) is 0 Å². The molecule has 0 aromatic rings. The van der Waals surface area contributed by atoms with Gasteiger partial charge in [0.25, 0.3) is 0 Å². The fourth-order valence-corrected chi connectivity index (χ4v) is 1.91. The van der Waals surface area contributed by atoms with Crippen LogP contribution in [0.15, 0.2) is 0 Å². The van der Waals surface area contributed by atoms with E-state index in [2.05, 4.69) is 15.9 Å². The number of unbranched alkanes of at least 4 members (excludes halogenated alkanes) is 5. The minimum Gasteiger partial charge on any atom is -0.382 e. The van der Waals surface area contributed by atoms with Crippen LogP contribution in [-0.4, -0.2) is 31.8 Å². The maximum Gasteiger partial charge on any atom is 0.0487 e. The highest BCUT2D eigenvalue weighted by Gasteiger charge is 1.92. The average Bonchev–Trinajstić information content (AvgIpc) is 2.31.